The van der Waals surface area contributed by atoms with Gasteiger partial charge in [0.2, 0.25) is 0 Å². The fraction of sp³-hybridized carbons (Fsp3) is 0.500. The Kier molecular flexibility index (Phi) is 4.34. The molecule has 5 nitrogen and oxygen atoms in total. The van der Waals surface area contributed by atoms with E-state index in [1.807, 2.05) is 6.92 Å². The first kappa shape index (κ1) is 14.5. The van der Waals surface area contributed by atoms with Gasteiger partial charge in [-0.3, -0.25) is 4.79 Å². The topological polar surface area (TPSA) is 81.4 Å². The number of carbonyl (C=O) groups is 2. The Morgan fingerprint density at radius 1 is 1.44 bits per heavy atom. The molecule has 1 heterocycles. The lowest BCUT2D eigenvalue weighted by Gasteiger charge is -2.19. The van der Waals surface area contributed by atoms with Crippen LogP contribution in [0, 0.1) is 6.92 Å². The summed E-state index contributed by atoms with van der Waals surface area (Å²) >= 11 is 1.35. The molecule has 0 aliphatic carbocycles. The number of ketones is 1. The molecule has 0 saturated carbocycles. The van der Waals surface area contributed by atoms with Crippen LogP contribution in [-0.4, -0.2) is 24.0 Å². The quantitative estimate of drug-likeness (QED) is 0.826. The first-order chi connectivity index (χ1) is 8.19. The van der Waals surface area contributed by atoms with Gasteiger partial charge in [-0.2, -0.15) is 0 Å². The molecule has 0 aliphatic heterocycles. The largest absolute Gasteiger partial charge is 0.444 e. The van der Waals surface area contributed by atoms with Crippen molar-refractivity contribution in [1.82, 2.24) is 5.32 Å². The van der Waals surface area contributed by atoms with Crippen molar-refractivity contribution in [1.29, 1.82) is 0 Å². The van der Waals surface area contributed by atoms with E-state index >= 15 is 0 Å². The Balaban J connectivity index is 2.52. The number of Topliss-reactive ketones (excluding diaryl/α,β-unsaturated/α-hetero) is 1. The van der Waals surface area contributed by atoms with Crippen LogP contribution in [0.15, 0.2) is 6.07 Å². The molecule has 0 unspecified atom stereocenters. The second kappa shape index (κ2) is 5.39. The molecule has 0 bridgehead atoms. The van der Waals surface area contributed by atoms with Crippen molar-refractivity contribution in [3.05, 3.63) is 16.5 Å². The van der Waals surface area contributed by atoms with E-state index in [9.17, 15) is 9.59 Å². The Morgan fingerprint density at radius 3 is 2.50 bits per heavy atom. The van der Waals surface area contributed by atoms with E-state index in [4.69, 9.17) is 10.5 Å². The van der Waals surface area contributed by atoms with Crippen LogP contribution in [0.25, 0.3) is 0 Å². The highest BCUT2D eigenvalue weighted by Crippen LogP contribution is 2.24. The fourth-order valence-corrected chi connectivity index (χ4v) is 2.12. The van der Waals surface area contributed by atoms with Crippen molar-refractivity contribution in [3.8, 4) is 0 Å². The molecule has 1 amide bonds. The number of rotatable bonds is 3. The van der Waals surface area contributed by atoms with Gasteiger partial charge in [0.05, 0.1) is 17.1 Å². The molecule has 0 aliphatic rings. The SMILES string of the molecule is Cc1cc(C(=O)CNC(=O)OC(C)(C)C)c(N)s1. The Morgan fingerprint density at radius 2 is 2.06 bits per heavy atom. The number of aryl methyl sites for hydroxylation is 1. The third-order valence-corrected chi connectivity index (χ3v) is 2.86. The van der Waals surface area contributed by atoms with E-state index in [0.29, 0.717) is 10.6 Å². The number of alkyl carbamates (subject to hydrolysis) is 1. The van der Waals surface area contributed by atoms with Crippen molar-refractivity contribution >= 4 is 28.2 Å². The maximum atomic E-state index is 11.8. The molecule has 6 heteroatoms. The first-order valence-electron chi connectivity index (χ1n) is 5.55. The molecule has 100 valence electrons. The average Bonchev–Trinajstić information content (AvgIpc) is 2.52. The normalized spacial score (nSPS) is 11.1. The summed E-state index contributed by atoms with van der Waals surface area (Å²) in [5.41, 5.74) is 5.58. The molecular formula is C12H18N2O3S. The summed E-state index contributed by atoms with van der Waals surface area (Å²) in [6, 6.07) is 1.72. The van der Waals surface area contributed by atoms with Crippen molar-refractivity contribution in [2.45, 2.75) is 33.3 Å². The standard InChI is InChI=1S/C12H18N2O3S/c1-7-5-8(10(13)18-7)9(15)6-14-11(16)17-12(2,3)4/h5H,6,13H2,1-4H3,(H,14,16). The van der Waals surface area contributed by atoms with Gasteiger partial charge in [0.15, 0.2) is 5.78 Å². The van der Waals surface area contributed by atoms with Crippen LogP contribution in [0.3, 0.4) is 0 Å². The molecule has 1 aromatic heterocycles. The van der Waals surface area contributed by atoms with Crippen LogP contribution in [0.5, 0.6) is 0 Å². The number of thiophene rings is 1. The summed E-state index contributed by atoms with van der Waals surface area (Å²) in [5.74, 6) is -0.220. The molecule has 1 aromatic rings. The average molecular weight is 270 g/mol. The minimum atomic E-state index is -0.610. The lowest BCUT2D eigenvalue weighted by Crippen LogP contribution is -2.35. The summed E-state index contributed by atoms with van der Waals surface area (Å²) in [4.78, 5) is 24.1. The molecule has 0 aromatic carbocycles. The number of hydrogen-bond donors (Lipinski definition) is 2. The molecular weight excluding hydrogens is 252 g/mol. The molecule has 0 atom stereocenters. The predicted molar refractivity (Wildman–Crippen MR) is 72.0 cm³/mol. The monoisotopic (exact) mass is 270 g/mol. The molecule has 0 radical (unpaired) electrons. The van der Waals surface area contributed by atoms with Crippen molar-refractivity contribution < 1.29 is 14.3 Å². The van der Waals surface area contributed by atoms with E-state index in [1.165, 1.54) is 11.3 Å². The number of amides is 1. The molecule has 0 fully saturated rings. The van der Waals surface area contributed by atoms with Gasteiger partial charge >= 0.3 is 6.09 Å². The summed E-state index contributed by atoms with van der Waals surface area (Å²) < 4.78 is 5.03. The van der Waals surface area contributed by atoms with E-state index in [2.05, 4.69) is 5.32 Å². The number of carbonyl (C=O) groups excluding carboxylic acids is 2. The van der Waals surface area contributed by atoms with Crippen LogP contribution in [-0.2, 0) is 4.74 Å². The van der Waals surface area contributed by atoms with Crippen LogP contribution in [0.1, 0.15) is 36.0 Å². The highest BCUT2D eigenvalue weighted by molar-refractivity contribution is 7.16. The summed E-state index contributed by atoms with van der Waals surface area (Å²) in [6.45, 7) is 7.03. The number of hydrogen-bond acceptors (Lipinski definition) is 5. The van der Waals surface area contributed by atoms with Gasteiger partial charge in [0, 0.05) is 4.88 Å². The Bertz CT molecular complexity index is 460. The predicted octanol–water partition coefficient (Wildman–Crippen LogP) is 2.35. The van der Waals surface area contributed by atoms with Gasteiger partial charge in [-0.1, -0.05) is 0 Å². The van der Waals surface area contributed by atoms with Crippen molar-refractivity contribution in [2.75, 3.05) is 12.3 Å². The molecule has 18 heavy (non-hydrogen) atoms. The van der Waals surface area contributed by atoms with E-state index in [1.54, 1.807) is 26.8 Å². The molecule has 3 N–H and O–H groups in total. The van der Waals surface area contributed by atoms with E-state index in [0.717, 1.165) is 4.88 Å². The van der Waals surface area contributed by atoms with E-state index in [-0.39, 0.29) is 12.3 Å². The fourth-order valence-electron chi connectivity index (χ4n) is 1.31. The van der Waals surface area contributed by atoms with Gasteiger partial charge < -0.3 is 15.8 Å². The number of anilines is 1. The zero-order chi connectivity index (χ0) is 13.9. The Labute approximate surface area is 110 Å². The van der Waals surface area contributed by atoms with Crippen molar-refractivity contribution in [3.63, 3.8) is 0 Å². The van der Waals surface area contributed by atoms with Gasteiger partial charge in [-0.15, -0.1) is 11.3 Å². The molecule has 0 spiro atoms. The lowest BCUT2D eigenvalue weighted by atomic mass is 10.2. The number of nitrogens with one attached hydrogen (secondary N) is 1. The Hall–Kier alpha value is -1.56. The second-order valence-corrected chi connectivity index (χ2v) is 6.20. The maximum absolute atomic E-state index is 11.8. The van der Waals surface area contributed by atoms with Gasteiger partial charge in [0.1, 0.15) is 5.60 Å². The zero-order valence-electron chi connectivity index (χ0n) is 11.0. The first-order valence-corrected chi connectivity index (χ1v) is 6.36. The minimum absolute atomic E-state index is 0.116. The smallest absolute Gasteiger partial charge is 0.408 e. The third kappa shape index (κ3) is 4.37. The van der Waals surface area contributed by atoms with Crippen LogP contribution in [0.2, 0.25) is 0 Å². The second-order valence-electron chi connectivity index (χ2n) is 4.91. The van der Waals surface area contributed by atoms with Crippen LogP contribution >= 0.6 is 11.3 Å². The highest BCUT2D eigenvalue weighted by atomic mass is 32.1. The number of nitrogens with two attached hydrogens (primary N) is 1. The number of ether oxygens (including phenoxy) is 1. The summed E-state index contributed by atoms with van der Waals surface area (Å²) in [6.07, 6.45) is -0.610. The van der Waals surface area contributed by atoms with Gasteiger partial charge in [0.25, 0.3) is 0 Å². The van der Waals surface area contributed by atoms with Gasteiger partial charge in [-0.25, -0.2) is 4.79 Å². The zero-order valence-corrected chi connectivity index (χ0v) is 11.8. The van der Waals surface area contributed by atoms with Crippen LogP contribution < -0.4 is 11.1 Å². The third-order valence-electron chi connectivity index (χ3n) is 1.98. The van der Waals surface area contributed by atoms with Crippen LogP contribution in [0.4, 0.5) is 9.80 Å². The molecule has 1 rings (SSSR count). The number of nitrogen functional groups attached to an aromatic ring is 1. The van der Waals surface area contributed by atoms with E-state index < -0.39 is 11.7 Å². The highest BCUT2D eigenvalue weighted by Gasteiger charge is 2.18. The maximum Gasteiger partial charge on any atom is 0.408 e. The van der Waals surface area contributed by atoms with Crippen molar-refractivity contribution in [2.24, 2.45) is 0 Å². The van der Waals surface area contributed by atoms with Gasteiger partial charge in [-0.05, 0) is 33.8 Å². The summed E-state index contributed by atoms with van der Waals surface area (Å²) in [7, 11) is 0. The lowest BCUT2D eigenvalue weighted by molar-refractivity contribution is 0.0520. The minimum Gasteiger partial charge on any atom is -0.444 e. The molecule has 0 saturated heterocycles. The summed E-state index contributed by atoms with van der Waals surface area (Å²) in [5, 5.41) is 2.89.